The Bertz CT molecular complexity index is 550. The summed E-state index contributed by atoms with van der Waals surface area (Å²) in [5.74, 6) is 1.88. The van der Waals surface area contributed by atoms with E-state index >= 15 is 0 Å². The van der Waals surface area contributed by atoms with E-state index in [2.05, 4.69) is 34.5 Å². The van der Waals surface area contributed by atoms with Crippen LogP contribution >= 0.6 is 0 Å². The monoisotopic (exact) mass is 260 g/mol. The third-order valence-corrected chi connectivity index (χ3v) is 3.36. The molecule has 0 aliphatic rings. The Morgan fingerprint density at radius 1 is 1.42 bits per heavy atom. The van der Waals surface area contributed by atoms with E-state index in [0.29, 0.717) is 0 Å². The van der Waals surface area contributed by atoms with Gasteiger partial charge in [0.05, 0.1) is 7.11 Å². The molecule has 0 aliphatic carbocycles. The number of nitrogens with one attached hydrogen (secondary N) is 1. The summed E-state index contributed by atoms with van der Waals surface area (Å²) in [6.07, 6.45) is 2.39. The summed E-state index contributed by atoms with van der Waals surface area (Å²) in [6, 6.07) is 6.46. The third kappa shape index (κ3) is 2.93. The van der Waals surface area contributed by atoms with E-state index in [1.807, 2.05) is 20.2 Å². The van der Waals surface area contributed by atoms with Crippen molar-refractivity contribution >= 4 is 0 Å². The molecule has 102 valence electrons. The zero-order chi connectivity index (χ0) is 13.8. The molecule has 19 heavy (non-hydrogen) atoms. The van der Waals surface area contributed by atoms with Crippen LogP contribution in [0.25, 0.3) is 0 Å². The Morgan fingerprint density at radius 3 is 2.74 bits per heavy atom. The molecular weight excluding hydrogens is 240 g/mol. The quantitative estimate of drug-likeness (QED) is 0.888. The highest BCUT2D eigenvalue weighted by Gasteiger charge is 2.14. The number of hydrogen-bond donors (Lipinski definition) is 1. The second-order valence-corrected chi connectivity index (χ2v) is 4.57. The highest BCUT2D eigenvalue weighted by molar-refractivity contribution is 5.37. The van der Waals surface area contributed by atoms with Crippen molar-refractivity contribution in [2.75, 3.05) is 14.2 Å². The molecule has 1 unspecified atom stereocenters. The van der Waals surface area contributed by atoms with E-state index in [1.165, 1.54) is 5.56 Å². The molecular formula is C14H20N4O. The third-order valence-electron chi connectivity index (χ3n) is 3.36. The summed E-state index contributed by atoms with van der Waals surface area (Å²) < 4.78 is 7.10. The number of methoxy groups -OCH3 is 1. The first-order valence-corrected chi connectivity index (χ1v) is 6.30. The van der Waals surface area contributed by atoms with Crippen LogP contribution in [0.5, 0.6) is 5.75 Å². The number of aromatic nitrogens is 3. The summed E-state index contributed by atoms with van der Waals surface area (Å²) >= 11 is 0. The molecule has 0 radical (unpaired) electrons. The van der Waals surface area contributed by atoms with Crippen molar-refractivity contribution in [2.24, 2.45) is 7.05 Å². The number of ether oxygens (including phenoxy) is 1. The average molecular weight is 260 g/mol. The highest BCUT2D eigenvalue weighted by Crippen LogP contribution is 2.24. The van der Waals surface area contributed by atoms with Gasteiger partial charge in [0.1, 0.15) is 17.9 Å². The molecule has 0 saturated carbocycles. The van der Waals surface area contributed by atoms with E-state index in [1.54, 1.807) is 18.1 Å². The van der Waals surface area contributed by atoms with Crippen LogP contribution in [-0.4, -0.2) is 28.9 Å². The maximum atomic E-state index is 5.29. The summed E-state index contributed by atoms with van der Waals surface area (Å²) in [5, 5.41) is 7.43. The molecule has 2 aromatic rings. The van der Waals surface area contributed by atoms with Gasteiger partial charge in [-0.1, -0.05) is 12.1 Å². The van der Waals surface area contributed by atoms with Gasteiger partial charge in [0.15, 0.2) is 0 Å². The van der Waals surface area contributed by atoms with Gasteiger partial charge in [-0.05, 0) is 31.2 Å². The Balaban J connectivity index is 2.22. The molecule has 0 spiro atoms. The minimum absolute atomic E-state index is 0.215. The normalized spacial score (nSPS) is 12.4. The van der Waals surface area contributed by atoms with Crippen LogP contribution in [0, 0.1) is 6.92 Å². The maximum Gasteiger partial charge on any atom is 0.138 e. The van der Waals surface area contributed by atoms with Gasteiger partial charge < -0.3 is 10.1 Å². The van der Waals surface area contributed by atoms with Gasteiger partial charge in [-0.3, -0.25) is 4.68 Å². The summed E-state index contributed by atoms with van der Waals surface area (Å²) in [6.45, 7) is 2.05. The molecule has 2 rings (SSSR count). The summed E-state index contributed by atoms with van der Waals surface area (Å²) in [4.78, 5) is 4.27. The largest absolute Gasteiger partial charge is 0.496 e. The van der Waals surface area contributed by atoms with Crippen molar-refractivity contribution in [2.45, 2.75) is 19.4 Å². The fraction of sp³-hybridized carbons (Fsp3) is 0.429. The molecule has 0 bridgehead atoms. The number of likely N-dealkylation sites (N-methyl/N-ethyl adjacent to an activating group) is 1. The van der Waals surface area contributed by atoms with Gasteiger partial charge in [0.25, 0.3) is 0 Å². The number of nitrogens with zero attached hydrogens (tertiary/aromatic N) is 3. The van der Waals surface area contributed by atoms with Crippen LogP contribution in [0.1, 0.15) is 23.0 Å². The Kier molecular flexibility index (Phi) is 4.16. The zero-order valence-electron chi connectivity index (χ0n) is 11.8. The molecule has 1 heterocycles. The number of rotatable bonds is 5. The van der Waals surface area contributed by atoms with Gasteiger partial charge in [0, 0.05) is 19.5 Å². The smallest absolute Gasteiger partial charge is 0.138 e. The van der Waals surface area contributed by atoms with Gasteiger partial charge in [-0.25, -0.2) is 4.98 Å². The van der Waals surface area contributed by atoms with Crippen LogP contribution < -0.4 is 10.1 Å². The second kappa shape index (κ2) is 5.84. The lowest BCUT2D eigenvalue weighted by Crippen LogP contribution is -2.20. The topological polar surface area (TPSA) is 52.0 Å². The lowest BCUT2D eigenvalue weighted by molar-refractivity contribution is 0.411. The van der Waals surface area contributed by atoms with Gasteiger partial charge in [0.2, 0.25) is 0 Å². The SMILES string of the molecule is CNC(Cc1ncnn1C)c1ccc(OC)c(C)c1. The first kappa shape index (κ1) is 13.5. The molecule has 1 atom stereocenters. The van der Waals surface area contributed by atoms with Gasteiger partial charge in [-0.2, -0.15) is 5.10 Å². The fourth-order valence-electron chi connectivity index (χ4n) is 2.19. The lowest BCUT2D eigenvalue weighted by Gasteiger charge is -2.17. The molecule has 0 aliphatic heterocycles. The molecule has 5 nitrogen and oxygen atoms in total. The number of hydrogen-bond acceptors (Lipinski definition) is 4. The first-order chi connectivity index (χ1) is 9.15. The average Bonchev–Trinajstić information content (AvgIpc) is 2.81. The van der Waals surface area contributed by atoms with Crippen LogP contribution in [0.15, 0.2) is 24.5 Å². The molecule has 5 heteroatoms. The fourth-order valence-corrected chi connectivity index (χ4v) is 2.19. The van der Waals surface area contributed by atoms with E-state index in [-0.39, 0.29) is 6.04 Å². The Morgan fingerprint density at radius 2 is 2.21 bits per heavy atom. The highest BCUT2D eigenvalue weighted by atomic mass is 16.5. The van der Waals surface area contributed by atoms with Crippen molar-refractivity contribution in [3.05, 3.63) is 41.5 Å². The van der Waals surface area contributed by atoms with E-state index in [0.717, 1.165) is 23.6 Å². The van der Waals surface area contributed by atoms with Crippen LogP contribution in [0.3, 0.4) is 0 Å². The standard InChI is InChI=1S/C14H20N4O/c1-10-7-11(5-6-13(10)19-4)12(15-2)8-14-16-9-17-18(14)3/h5-7,9,12,15H,8H2,1-4H3. The predicted octanol–water partition coefficient (Wildman–Crippen LogP) is 1.64. The van der Waals surface area contributed by atoms with Crippen molar-refractivity contribution in [1.82, 2.24) is 20.1 Å². The molecule has 0 fully saturated rings. The van der Waals surface area contributed by atoms with Crippen LogP contribution in [0.4, 0.5) is 0 Å². The minimum Gasteiger partial charge on any atom is -0.496 e. The Labute approximate surface area is 113 Å². The van der Waals surface area contributed by atoms with Gasteiger partial charge >= 0.3 is 0 Å². The maximum absolute atomic E-state index is 5.29. The van der Waals surface area contributed by atoms with Gasteiger partial charge in [-0.15, -0.1) is 0 Å². The van der Waals surface area contributed by atoms with Crippen molar-refractivity contribution in [1.29, 1.82) is 0 Å². The number of benzene rings is 1. The van der Waals surface area contributed by atoms with Crippen molar-refractivity contribution in [3.8, 4) is 5.75 Å². The summed E-state index contributed by atoms with van der Waals surface area (Å²) in [7, 11) is 5.56. The predicted molar refractivity (Wildman–Crippen MR) is 74.2 cm³/mol. The summed E-state index contributed by atoms with van der Waals surface area (Å²) in [5.41, 5.74) is 2.36. The van der Waals surface area contributed by atoms with E-state index in [9.17, 15) is 0 Å². The second-order valence-electron chi connectivity index (χ2n) is 4.57. The van der Waals surface area contributed by atoms with Crippen LogP contribution in [-0.2, 0) is 13.5 Å². The molecule has 0 amide bonds. The van der Waals surface area contributed by atoms with Crippen LogP contribution in [0.2, 0.25) is 0 Å². The molecule has 1 N–H and O–H groups in total. The van der Waals surface area contributed by atoms with Crippen molar-refractivity contribution in [3.63, 3.8) is 0 Å². The molecule has 1 aromatic carbocycles. The first-order valence-electron chi connectivity index (χ1n) is 6.30. The molecule has 0 saturated heterocycles. The van der Waals surface area contributed by atoms with Crippen molar-refractivity contribution < 1.29 is 4.74 Å². The minimum atomic E-state index is 0.215. The number of aryl methyl sites for hydroxylation is 2. The molecule has 1 aromatic heterocycles. The Hall–Kier alpha value is -1.88. The van der Waals surface area contributed by atoms with E-state index < -0.39 is 0 Å². The van der Waals surface area contributed by atoms with E-state index in [4.69, 9.17) is 4.74 Å². The lowest BCUT2D eigenvalue weighted by atomic mass is 10.0. The zero-order valence-corrected chi connectivity index (χ0v) is 11.8.